The van der Waals surface area contributed by atoms with Crippen molar-refractivity contribution in [3.63, 3.8) is 0 Å². The standard InChI is InChI=1S/C19H23N3O3/c1-22(2)18-14-11-12(19(23)25-4)9-10-15(14)20-17(21-18)13-7-5-6-8-16(13)24-3/h5-8,12H,9-11H2,1-4H3. The van der Waals surface area contributed by atoms with Gasteiger partial charge in [-0.3, -0.25) is 4.79 Å². The maximum Gasteiger partial charge on any atom is 0.309 e. The van der Waals surface area contributed by atoms with Gasteiger partial charge in [0.05, 0.1) is 25.7 Å². The summed E-state index contributed by atoms with van der Waals surface area (Å²) in [5, 5.41) is 0. The van der Waals surface area contributed by atoms with E-state index in [1.807, 2.05) is 43.3 Å². The summed E-state index contributed by atoms with van der Waals surface area (Å²) in [5.74, 6) is 1.95. The Bertz CT molecular complexity index is 789. The Kier molecular flexibility index (Phi) is 4.88. The molecule has 0 radical (unpaired) electrons. The molecule has 6 heteroatoms. The fraction of sp³-hybridized carbons (Fsp3) is 0.421. The molecule has 0 amide bonds. The van der Waals surface area contributed by atoms with Crippen molar-refractivity contribution in [2.45, 2.75) is 19.3 Å². The Morgan fingerprint density at radius 3 is 2.64 bits per heavy atom. The Labute approximate surface area is 147 Å². The highest BCUT2D eigenvalue weighted by Gasteiger charge is 2.30. The molecule has 0 aliphatic heterocycles. The smallest absolute Gasteiger partial charge is 0.309 e. The van der Waals surface area contributed by atoms with Gasteiger partial charge in [-0.15, -0.1) is 0 Å². The van der Waals surface area contributed by atoms with Gasteiger partial charge in [0.15, 0.2) is 5.82 Å². The number of rotatable bonds is 4. The highest BCUT2D eigenvalue weighted by Crippen LogP contribution is 2.34. The van der Waals surface area contributed by atoms with E-state index < -0.39 is 0 Å². The van der Waals surface area contributed by atoms with Crippen LogP contribution in [0.5, 0.6) is 5.75 Å². The van der Waals surface area contributed by atoms with Crippen LogP contribution < -0.4 is 9.64 Å². The first-order valence-electron chi connectivity index (χ1n) is 8.33. The molecule has 6 nitrogen and oxygen atoms in total. The van der Waals surface area contributed by atoms with Crippen LogP contribution in [0.2, 0.25) is 0 Å². The summed E-state index contributed by atoms with van der Waals surface area (Å²) in [7, 11) is 6.99. The number of carbonyl (C=O) groups is 1. The fourth-order valence-corrected chi connectivity index (χ4v) is 3.28. The third-order valence-corrected chi connectivity index (χ3v) is 4.56. The quantitative estimate of drug-likeness (QED) is 0.796. The topological polar surface area (TPSA) is 64.5 Å². The van der Waals surface area contributed by atoms with Crippen molar-refractivity contribution in [3.8, 4) is 17.1 Å². The van der Waals surface area contributed by atoms with E-state index in [-0.39, 0.29) is 11.9 Å². The number of fused-ring (bicyclic) bond motifs is 1. The number of hydrogen-bond acceptors (Lipinski definition) is 6. The Hall–Kier alpha value is -2.63. The minimum Gasteiger partial charge on any atom is -0.496 e. The molecule has 0 fully saturated rings. The average Bonchev–Trinajstić information content (AvgIpc) is 2.65. The molecule has 0 spiro atoms. The van der Waals surface area contributed by atoms with E-state index in [0.29, 0.717) is 12.2 Å². The van der Waals surface area contributed by atoms with Gasteiger partial charge in [0, 0.05) is 25.4 Å². The Balaban J connectivity index is 2.08. The molecule has 1 unspecified atom stereocenters. The summed E-state index contributed by atoms with van der Waals surface area (Å²) in [6.07, 6.45) is 2.09. The molecule has 1 aromatic heterocycles. The molecule has 0 saturated heterocycles. The van der Waals surface area contributed by atoms with E-state index in [4.69, 9.17) is 19.4 Å². The summed E-state index contributed by atoms with van der Waals surface area (Å²) in [6, 6.07) is 7.73. The minimum atomic E-state index is -0.163. The van der Waals surface area contributed by atoms with Crippen LogP contribution in [0.4, 0.5) is 5.82 Å². The van der Waals surface area contributed by atoms with Crippen LogP contribution in [0.1, 0.15) is 17.7 Å². The summed E-state index contributed by atoms with van der Waals surface area (Å²) < 4.78 is 10.4. The lowest BCUT2D eigenvalue weighted by Crippen LogP contribution is -2.27. The van der Waals surface area contributed by atoms with Crippen molar-refractivity contribution in [2.75, 3.05) is 33.2 Å². The maximum atomic E-state index is 11.9. The van der Waals surface area contributed by atoms with Crippen LogP contribution in [-0.2, 0) is 22.4 Å². The van der Waals surface area contributed by atoms with Crippen LogP contribution in [-0.4, -0.2) is 44.3 Å². The molecule has 1 aliphatic carbocycles. The number of esters is 1. The van der Waals surface area contributed by atoms with Gasteiger partial charge in [0.2, 0.25) is 0 Å². The van der Waals surface area contributed by atoms with Gasteiger partial charge in [0.1, 0.15) is 11.6 Å². The van der Waals surface area contributed by atoms with E-state index in [1.54, 1.807) is 7.11 Å². The molecular weight excluding hydrogens is 318 g/mol. The van der Waals surface area contributed by atoms with Crippen molar-refractivity contribution in [3.05, 3.63) is 35.5 Å². The van der Waals surface area contributed by atoms with Gasteiger partial charge in [-0.25, -0.2) is 9.97 Å². The normalized spacial score (nSPS) is 16.1. The number of aromatic nitrogens is 2. The van der Waals surface area contributed by atoms with E-state index in [2.05, 4.69) is 0 Å². The first-order chi connectivity index (χ1) is 12.0. The van der Waals surface area contributed by atoms with E-state index in [1.165, 1.54) is 7.11 Å². The predicted molar refractivity (Wildman–Crippen MR) is 95.9 cm³/mol. The highest BCUT2D eigenvalue weighted by atomic mass is 16.5. The van der Waals surface area contributed by atoms with Crippen molar-refractivity contribution in [1.82, 2.24) is 9.97 Å². The fourth-order valence-electron chi connectivity index (χ4n) is 3.28. The van der Waals surface area contributed by atoms with Gasteiger partial charge in [-0.2, -0.15) is 0 Å². The zero-order valence-electron chi connectivity index (χ0n) is 15.1. The molecule has 2 aromatic rings. The average molecular weight is 341 g/mol. The second-order valence-electron chi connectivity index (χ2n) is 6.35. The third kappa shape index (κ3) is 3.29. The zero-order chi connectivity index (χ0) is 18.0. The number of aryl methyl sites for hydroxylation is 1. The first-order valence-corrected chi connectivity index (χ1v) is 8.33. The second kappa shape index (κ2) is 7.09. The lowest BCUT2D eigenvalue weighted by Gasteiger charge is -2.26. The van der Waals surface area contributed by atoms with Crippen LogP contribution in [0.25, 0.3) is 11.4 Å². The largest absolute Gasteiger partial charge is 0.496 e. The number of carbonyl (C=O) groups excluding carboxylic acids is 1. The number of methoxy groups -OCH3 is 2. The van der Waals surface area contributed by atoms with Gasteiger partial charge in [-0.05, 0) is 31.4 Å². The number of anilines is 1. The van der Waals surface area contributed by atoms with Crippen molar-refractivity contribution >= 4 is 11.8 Å². The van der Waals surface area contributed by atoms with Crippen molar-refractivity contribution < 1.29 is 14.3 Å². The molecular formula is C19H23N3O3. The van der Waals surface area contributed by atoms with Gasteiger partial charge in [0.25, 0.3) is 0 Å². The van der Waals surface area contributed by atoms with Crippen molar-refractivity contribution in [2.24, 2.45) is 5.92 Å². The summed E-state index contributed by atoms with van der Waals surface area (Å²) in [6.45, 7) is 0. The van der Waals surface area contributed by atoms with Gasteiger partial charge < -0.3 is 14.4 Å². The molecule has 25 heavy (non-hydrogen) atoms. The van der Waals surface area contributed by atoms with E-state index in [0.717, 1.165) is 41.2 Å². The first kappa shape index (κ1) is 17.2. The molecule has 132 valence electrons. The SMILES string of the molecule is COC(=O)C1CCc2nc(-c3ccccc3OC)nc(N(C)C)c2C1. The third-order valence-electron chi connectivity index (χ3n) is 4.56. The number of benzene rings is 1. The summed E-state index contributed by atoms with van der Waals surface area (Å²) >= 11 is 0. The van der Waals surface area contributed by atoms with Crippen LogP contribution in [0, 0.1) is 5.92 Å². The lowest BCUT2D eigenvalue weighted by molar-refractivity contribution is -0.145. The van der Waals surface area contributed by atoms with Crippen LogP contribution in [0.15, 0.2) is 24.3 Å². The molecule has 0 bridgehead atoms. The Morgan fingerprint density at radius 1 is 1.20 bits per heavy atom. The van der Waals surface area contributed by atoms with Gasteiger partial charge in [-0.1, -0.05) is 12.1 Å². The second-order valence-corrected chi connectivity index (χ2v) is 6.35. The monoisotopic (exact) mass is 341 g/mol. The highest BCUT2D eigenvalue weighted by molar-refractivity contribution is 5.74. The van der Waals surface area contributed by atoms with Crippen LogP contribution >= 0.6 is 0 Å². The van der Waals surface area contributed by atoms with E-state index in [9.17, 15) is 4.79 Å². The number of nitrogens with zero attached hydrogens (tertiary/aromatic N) is 3. The van der Waals surface area contributed by atoms with Gasteiger partial charge >= 0.3 is 5.97 Å². The molecule has 1 aliphatic rings. The maximum absolute atomic E-state index is 11.9. The number of hydrogen-bond donors (Lipinski definition) is 0. The molecule has 1 atom stereocenters. The zero-order valence-corrected chi connectivity index (χ0v) is 15.1. The predicted octanol–water partition coefficient (Wildman–Crippen LogP) is 2.50. The molecule has 1 heterocycles. The lowest BCUT2D eigenvalue weighted by atomic mass is 9.86. The molecule has 0 saturated carbocycles. The van der Waals surface area contributed by atoms with E-state index >= 15 is 0 Å². The van der Waals surface area contributed by atoms with Crippen molar-refractivity contribution in [1.29, 1.82) is 0 Å². The minimum absolute atomic E-state index is 0.128. The summed E-state index contributed by atoms with van der Waals surface area (Å²) in [5.41, 5.74) is 2.90. The molecule has 3 rings (SSSR count). The molecule has 1 aromatic carbocycles. The summed E-state index contributed by atoms with van der Waals surface area (Å²) in [4.78, 5) is 23.5. The van der Waals surface area contributed by atoms with Crippen LogP contribution in [0.3, 0.4) is 0 Å². The molecule has 0 N–H and O–H groups in total. The number of para-hydroxylation sites is 1. The Morgan fingerprint density at radius 2 is 1.96 bits per heavy atom. The number of ether oxygens (including phenoxy) is 2.